The molecule has 5 aliphatic rings. The maximum Gasteiger partial charge on any atom is 0.350 e. The van der Waals surface area contributed by atoms with Gasteiger partial charge in [-0.3, -0.25) is 52.8 Å². The number of amides is 6. The van der Waals surface area contributed by atoms with Crippen LogP contribution in [-0.4, -0.2) is 168 Å². The summed E-state index contributed by atoms with van der Waals surface area (Å²) in [5.74, 6) is -6.80. The zero-order valence-corrected chi connectivity index (χ0v) is 52.8. The monoisotopic (exact) mass is 1270 g/mol. The number of hydrogen-bond donors (Lipinski definition) is 5. The van der Waals surface area contributed by atoms with Crippen LogP contribution in [0.25, 0.3) is 16.6 Å². The van der Waals surface area contributed by atoms with Crippen LogP contribution in [-0.2, 0) is 95.9 Å². The van der Waals surface area contributed by atoms with E-state index in [1.807, 2.05) is 17.9 Å². The number of ketones is 4. The Kier molecular flexibility index (Phi) is 24.7. The first-order chi connectivity index (χ1) is 44.2. The summed E-state index contributed by atoms with van der Waals surface area (Å²) in [4.78, 5) is 164. The topological polar surface area (TPSA) is 329 Å². The fourth-order valence-electron chi connectivity index (χ4n) is 12.5. The molecule has 0 saturated carbocycles. The van der Waals surface area contributed by atoms with Gasteiger partial charge in [0.1, 0.15) is 25.7 Å². The molecule has 92 heavy (non-hydrogen) atoms. The molecule has 4 aliphatic heterocycles. The van der Waals surface area contributed by atoms with E-state index in [1.165, 1.54) is 19.3 Å². The number of hydrogen-bond acceptors (Lipinski definition) is 19. The Labute approximate surface area is 534 Å². The second-order valence-corrected chi connectivity index (χ2v) is 24.1. The number of fused-ring (bicyclic) bond motifs is 4. The van der Waals surface area contributed by atoms with Crippen molar-refractivity contribution < 1.29 is 81.6 Å². The van der Waals surface area contributed by atoms with Crippen molar-refractivity contribution in [3.63, 3.8) is 0 Å². The molecule has 5 heterocycles. The Balaban J connectivity index is 0.789. The Morgan fingerprint density at radius 2 is 1.55 bits per heavy atom. The van der Waals surface area contributed by atoms with Gasteiger partial charge in [-0.1, -0.05) is 50.1 Å². The standard InChI is InChI=1S/C68H83N7O17/c1-5-68(88)52-34-55-64-51(37-74(55)36-50(52)66(86)92-67(68)87)62-44(18-20-49-42(3)41(2)30-54(73-64)63(49)62)32-48(78)38-91-40-71-57(80)23-21-56(79)53(31-43-14-8-6-9-15-43)72-58(81)22-19-47(77)35-70-65(85)45(16-11-12-26-69-59(82)39-90-29-28-89-4)33-46(76)17-10-7-13-27-75-60(83)24-25-61(75)84/h6,8-9,14-15,24-25,30,34,44-45,53,88H,5,7,10-13,16-23,26-29,31-33,35-40H2,1-4H3,(H,69,82)(H,70,85)(H,71,80)(H,72,81)/t44-,45+,53-,68-/m0/s1. The van der Waals surface area contributed by atoms with Gasteiger partial charge >= 0.3 is 11.9 Å². The minimum atomic E-state index is -1.99. The molecule has 2 aromatic carbocycles. The number of nitrogens with zero attached hydrogens (tertiary/aromatic N) is 3. The predicted octanol–water partition coefficient (Wildman–Crippen LogP) is 4.17. The largest absolute Gasteiger partial charge is 0.387 e. The van der Waals surface area contributed by atoms with Gasteiger partial charge in [-0.2, -0.15) is 0 Å². The highest BCUT2D eigenvalue weighted by molar-refractivity contribution is 6.13. The molecule has 1 aliphatic carbocycles. The number of unbranched alkanes of at least 4 members (excludes halogenated alkanes) is 3. The lowest BCUT2D eigenvalue weighted by molar-refractivity contribution is -0.172. The van der Waals surface area contributed by atoms with Gasteiger partial charge in [0.25, 0.3) is 11.8 Å². The number of aliphatic hydroxyl groups is 1. The molecular formula is C68H83N7O17. The molecule has 1 aromatic heterocycles. The summed E-state index contributed by atoms with van der Waals surface area (Å²) in [6.45, 7) is 6.23. The lowest BCUT2D eigenvalue weighted by atomic mass is 9.76. The molecule has 24 heteroatoms. The van der Waals surface area contributed by atoms with E-state index >= 15 is 0 Å². The molecule has 8 rings (SSSR count). The Morgan fingerprint density at radius 3 is 2.30 bits per heavy atom. The smallest absolute Gasteiger partial charge is 0.350 e. The normalized spacial score (nSPS) is 17.8. The molecule has 0 unspecified atom stereocenters. The molecule has 5 N–H and O–H groups in total. The van der Waals surface area contributed by atoms with Crippen LogP contribution >= 0.6 is 0 Å². The number of rotatable bonds is 38. The van der Waals surface area contributed by atoms with Crippen LogP contribution in [0.3, 0.4) is 0 Å². The summed E-state index contributed by atoms with van der Waals surface area (Å²) in [7, 11) is 1.52. The zero-order chi connectivity index (χ0) is 66.1. The number of pyridine rings is 1. The van der Waals surface area contributed by atoms with Gasteiger partial charge in [0.05, 0.1) is 54.8 Å². The summed E-state index contributed by atoms with van der Waals surface area (Å²) in [5, 5.41) is 23.2. The molecular weight excluding hydrogens is 1190 g/mol. The minimum Gasteiger partial charge on any atom is -0.387 e. The first-order valence-electron chi connectivity index (χ1n) is 31.7. The van der Waals surface area contributed by atoms with Crippen LogP contribution in [0.15, 0.2) is 65.8 Å². The fourth-order valence-corrected chi connectivity index (χ4v) is 12.5. The number of imide groups is 1. The zero-order valence-electron chi connectivity index (χ0n) is 52.8. The van der Waals surface area contributed by atoms with Crippen molar-refractivity contribution in [1.29, 1.82) is 0 Å². The van der Waals surface area contributed by atoms with Gasteiger partial charge < -0.3 is 50.2 Å². The third-order valence-electron chi connectivity index (χ3n) is 17.7. The molecule has 3 aromatic rings. The Morgan fingerprint density at radius 1 is 0.793 bits per heavy atom. The number of aryl methyl sites for hydroxylation is 2. The quantitative estimate of drug-likeness (QED) is 0.0177. The molecule has 0 saturated heterocycles. The second-order valence-electron chi connectivity index (χ2n) is 24.1. The van der Waals surface area contributed by atoms with Gasteiger partial charge in [0.2, 0.25) is 23.6 Å². The first kappa shape index (κ1) is 69.4. The van der Waals surface area contributed by atoms with Crippen molar-refractivity contribution in [3.05, 3.63) is 105 Å². The van der Waals surface area contributed by atoms with Crippen LogP contribution in [0.5, 0.6) is 0 Å². The van der Waals surface area contributed by atoms with Crippen molar-refractivity contribution in [2.75, 3.05) is 66.4 Å². The average Bonchev–Trinajstić information content (AvgIpc) is 1.45. The average molecular weight is 1270 g/mol. The van der Waals surface area contributed by atoms with E-state index in [2.05, 4.69) is 28.2 Å². The number of aromatic nitrogens is 1. The maximum atomic E-state index is 13.8. The third kappa shape index (κ3) is 17.8. The number of benzene rings is 2. The SMILES string of the molecule is CC[C@@]1(O)C(=O)OC(=O)C2=C1C=C1c3nc4cc(C)c(C)c5c4c(c3CN1C2)[C@H](CC(=O)COCNC(=O)CCC(=O)[C@H](Cc1ccccc1)NC(=O)CCC(=O)CNC(=O)[C@H](CCCCNC(=O)COCCOC)CC(=O)CCCCCN1C(=O)C=CC1=O)CC5. The molecule has 492 valence electrons. The number of cyclic esters (lactones) is 2. The molecule has 0 radical (unpaired) electrons. The van der Waals surface area contributed by atoms with Crippen LogP contribution in [0.4, 0.5) is 0 Å². The van der Waals surface area contributed by atoms with Crippen molar-refractivity contribution >= 4 is 87.1 Å². The molecule has 0 spiro atoms. The van der Waals surface area contributed by atoms with Gasteiger partial charge in [-0.25, -0.2) is 14.6 Å². The highest BCUT2D eigenvalue weighted by atomic mass is 16.6. The molecule has 24 nitrogen and oxygen atoms in total. The van der Waals surface area contributed by atoms with Crippen molar-refractivity contribution in [3.8, 4) is 0 Å². The number of carbonyl (C=O) groups excluding carboxylic acids is 12. The van der Waals surface area contributed by atoms with Gasteiger partial charge in [0.15, 0.2) is 23.0 Å². The van der Waals surface area contributed by atoms with E-state index in [4.69, 9.17) is 23.9 Å². The van der Waals surface area contributed by atoms with E-state index in [9.17, 15) is 62.6 Å². The fraction of sp³-hybridized carbons (Fsp3) is 0.515. The van der Waals surface area contributed by atoms with Crippen LogP contribution in [0, 0.1) is 19.8 Å². The number of esters is 2. The number of Topliss-reactive ketones (excluding diaryl/α,β-unsaturated/α-hetero) is 4. The summed E-state index contributed by atoms with van der Waals surface area (Å²) < 4.78 is 20.8. The Bertz CT molecular complexity index is 3450. The van der Waals surface area contributed by atoms with E-state index in [0.717, 1.165) is 55.6 Å². The van der Waals surface area contributed by atoms with E-state index in [0.29, 0.717) is 69.6 Å². The lowest BCUT2D eigenvalue weighted by Crippen LogP contribution is -2.49. The highest BCUT2D eigenvalue weighted by Crippen LogP contribution is 2.49. The van der Waals surface area contributed by atoms with E-state index < -0.39 is 65.3 Å². The van der Waals surface area contributed by atoms with Gasteiger partial charge in [-0.05, 0) is 111 Å². The number of carbonyl (C=O) groups is 12. The van der Waals surface area contributed by atoms with E-state index in [1.54, 1.807) is 43.3 Å². The second kappa shape index (κ2) is 32.7. The number of methoxy groups -OCH3 is 1. The summed E-state index contributed by atoms with van der Waals surface area (Å²) in [6.07, 6.45) is 7.54. The molecule has 6 amide bonds. The predicted molar refractivity (Wildman–Crippen MR) is 333 cm³/mol. The number of ether oxygens (including phenoxy) is 4. The first-order valence-corrected chi connectivity index (χ1v) is 31.7. The Hall–Kier alpha value is -8.45. The van der Waals surface area contributed by atoms with Gasteiger partial charge in [-0.15, -0.1) is 0 Å². The highest BCUT2D eigenvalue weighted by Gasteiger charge is 2.50. The van der Waals surface area contributed by atoms with Gasteiger partial charge in [0, 0.05) is 106 Å². The van der Waals surface area contributed by atoms with Crippen LogP contribution in [0.1, 0.15) is 148 Å². The number of nitrogens with one attached hydrogen (secondary N) is 4. The van der Waals surface area contributed by atoms with Crippen molar-refractivity contribution in [1.82, 2.24) is 36.1 Å². The summed E-state index contributed by atoms with van der Waals surface area (Å²) in [6, 6.07) is 9.93. The lowest BCUT2D eigenvalue weighted by Gasteiger charge is -2.36. The summed E-state index contributed by atoms with van der Waals surface area (Å²) >= 11 is 0. The molecule has 0 bridgehead atoms. The minimum absolute atomic E-state index is 0.00199. The molecule has 0 fully saturated rings. The maximum absolute atomic E-state index is 13.8. The van der Waals surface area contributed by atoms with Crippen molar-refractivity contribution in [2.24, 2.45) is 5.92 Å². The van der Waals surface area contributed by atoms with Crippen LogP contribution < -0.4 is 21.3 Å². The van der Waals surface area contributed by atoms with Crippen molar-refractivity contribution in [2.45, 2.75) is 154 Å². The third-order valence-corrected chi connectivity index (χ3v) is 17.7. The summed E-state index contributed by atoms with van der Waals surface area (Å²) in [5.41, 5.74) is 6.54. The molecule has 4 atom stereocenters. The van der Waals surface area contributed by atoms with E-state index in [-0.39, 0.29) is 150 Å². The van der Waals surface area contributed by atoms with Crippen LogP contribution in [0.2, 0.25) is 0 Å².